The Kier molecular flexibility index (Phi) is 7.26. The zero-order valence-corrected chi connectivity index (χ0v) is 20.7. The Labute approximate surface area is 203 Å². The Morgan fingerprint density at radius 3 is 2.59 bits per heavy atom. The monoisotopic (exact) mass is 479 g/mol. The average molecular weight is 480 g/mol. The van der Waals surface area contributed by atoms with Crippen LogP contribution >= 0.6 is 11.8 Å². The maximum absolute atomic E-state index is 13.2. The molecule has 0 aliphatic carbocycles. The van der Waals surface area contributed by atoms with E-state index in [9.17, 15) is 9.59 Å². The second kappa shape index (κ2) is 10.3. The van der Waals surface area contributed by atoms with E-state index in [-0.39, 0.29) is 17.9 Å². The third kappa shape index (κ3) is 4.97. The Balaban J connectivity index is 1.71. The van der Waals surface area contributed by atoms with Crippen molar-refractivity contribution in [3.05, 3.63) is 75.1 Å². The summed E-state index contributed by atoms with van der Waals surface area (Å²) in [5, 5.41) is 3.47. The molecule has 2 aromatic carbocycles. The van der Waals surface area contributed by atoms with Crippen molar-refractivity contribution in [3.8, 4) is 11.5 Å². The van der Waals surface area contributed by atoms with Crippen LogP contribution in [-0.2, 0) is 17.6 Å². The lowest BCUT2D eigenvalue weighted by Crippen LogP contribution is -2.33. The highest BCUT2D eigenvalue weighted by atomic mass is 32.2. The van der Waals surface area contributed by atoms with Gasteiger partial charge < -0.3 is 19.4 Å². The SMILES string of the molecule is CCOc1ccc([C@H]2CC(=O)Nc3c2c(=O)nc(SCc2cccc(C)c2)n3C)cc1OCC. The van der Waals surface area contributed by atoms with E-state index in [1.54, 1.807) is 4.57 Å². The molecule has 0 fully saturated rings. The number of aryl methyl sites for hydroxylation is 1. The van der Waals surface area contributed by atoms with Gasteiger partial charge in [-0.2, -0.15) is 4.98 Å². The fraction of sp³-hybridized carbons (Fsp3) is 0.346. The van der Waals surface area contributed by atoms with Crippen LogP contribution < -0.4 is 20.3 Å². The molecule has 2 heterocycles. The highest BCUT2D eigenvalue weighted by molar-refractivity contribution is 7.98. The van der Waals surface area contributed by atoms with Crippen LogP contribution in [0.5, 0.6) is 11.5 Å². The Bertz CT molecular complexity index is 1270. The van der Waals surface area contributed by atoms with Crippen LogP contribution in [-0.4, -0.2) is 28.7 Å². The fourth-order valence-electron chi connectivity index (χ4n) is 4.18. The van der Waals surface area contributed by atoms with Crippen molar-refractivity contribution < 1.29 is 14.3 Å². The number of carbonyl (C=O) groups excluding carboxylic acids is 1. The fourth-order valence-corrected chi connectivity index (χ4v) is 5.09. The van der Waals surface area contributed by atoms with E-state index >= 15 is 0 Å². The van der Waals surface area contributed by atoms with Crippen LogP contribution in [0.25, 0.3) is 0 Å². The van der Waals surface area contributed by atoms with Gasteiger partial charge in [-0.05, 0) is 44.0 Å². The summed E-state index contributed by atoms with van der Waals surface area (Å²) in [5.74, 6) is 1.86. The van der Waals surface area contributed by atoms with Crippen molar-refractivity contribution in [3.63, 3.8) is 0 Å². The maximum atomic E-state index is 13.2. The number of benzene rings is 2. The number of rotatable bonds is 8. The molecule has 0 saturated carbocycles. The summed E-state index contributed by atoms with van der Waals surface area (Å²) in [6, 6.07) is 13.8. The lowest BCUT2D eigenvalue weighted by molar-refractivity contribution is -0.116. The standard InChI is InChI=1S/C26H29N3O4S/c1-5-32-20-11-10-18(13-21(20)33-6-2)19-14-22(30)27-24-23(19)25(31)28-26(29(24)4)34-15-17-9-7-8-16(3)12-17/h7-13,19H,5-6,14-15H2,1-4H3,(H,27,30)/t19-/m1/s1. The van der Waals surface area contributed by atoms with Gasteiger partial charge in [-0.1, -0.05) is 47.7 Å². The summed E-state index contributed by atoms with van der Waals surface area (Å²) in [7, 11) is 1.83. The molecule has 178 valence electrons. The molecule has 1 N–H and O–H groups in total. The van der Waals surface area contributed by atoms with E-state index in [0.717, 1.165) is 11.1 Å². The first kappa shape index (κ1) is 23.9. The van der Waals surface area contributed by atoms with E-state index in [1.165, 1.54) is 17.3 Å². The van der Waals surface area contributed by atoms with E-state index in [4.69, 9.17) is 9.47 Å². The highest BCUT2D eigenvalue weighted by Crippen LogP contribution is 2.39. The minimum Gasteiger partial charge on any atom is -0.490 e. The number of hydrogen-bond acceptors (Lipinski definition) is 6. The average Bonchev–Trinajstić information content (AvgIpc) is 2.81. The van der Waals surface area contributed by atoms with Crippen LogP contribution in [0, 0.1) is 6.92 Å². The second-order valence-electron chi connectivity index (χ2n) is 8.18. The van der Waals surface area contributed by atoms with Gasteiger partial charge in [0, 0.05) is 25.1 Å². The van der Waals surface area contributed by atoms with E-state index in [1.807, 2.05) is 45.2 Å². The summed E-state index contributed by atoms with van der Waals surface area (Å²) >= 11 is 1.47. The number of ether oxygens (including phenoxy) is 2. The number of thioether (sulfide) groups is 1. The number of hydrogen-bond donors (Lipinski definition) is 1. The smallest absolute Gasteiger partial charge is 0.279 e. The van der Waals surface area contributed by atoms with Crippen LogP contribution in [0.4, 0.5) is 5.82 Å². The van der Waals surface area contributed by atoms with Crippen molar-refractivity contribution >= 4 is 23.5 Å². The van der Waals surface area contributed by atoms with E-state index in [2.05, 4.69) is 35.4 Å². The molecule has 1 aliphatic rings. The van der Waals surface area contributed by atoms with Gasteiger partial charge in [0.05, 0.1) is 18.8 Å². The highest BCUT2D eigenvalue weighted by Gasteiger charge is 2.32. The quantitative estimate of drug-likeness (QED) is 0.374. The largest absolute Gasteiger partial charge is 0.490 e. The maximum Gasteiger partial charge on any atom is 0.279 e. The summed E-state index contributed by atoms with van der Waals surface area (Å²) in [4.78, 5) is 30.3. The molecule has 8 heteroatoms. The van der Waals surface area contributed by atoms with Gasteiger partial charge in [-0.25, -0.2) is 0 Å². The van der Waals surface area contributed by atoms with Crippen molar-refractivity contribution in [1.82, 2.24) is 9.55 Å². The van der Waals surface area contributed by atoms with Gasteiger partial charge in [0.25, 0.3) is 5.56 Å². The molecule has 1 amide bonds. The summed E-state index contributed by atoms with van der Waals surface area (Å²) < 4.78 is 13.2. The number of fused-ring (bicyclic) bond motifs is 1. The van der Waals surface area contributed by atoms with Gasteiger partial charge in [0.1, 0.15) is 5.82 Å². The molecular formula is C26H29N3O4S. The topological polar surface area (TPSA) is 82.5 Å². The third-order valence-electron chi connectivity index (χ3n) is 5.72. The van der Waals surface area contributed by atoms with E-state index in [0.29, 0.717) is 47.0 Å². The Hall–Kier alpha value is -3.26. The van der Waals surface area contributed by atoms with Crippen LogP contribution in [0.3, 0.4) is 0 Å². The molecule has 7 nitrogen and oxygen atoms in total. The zero-order valence-electron chi connectivity index (χ0n) is 19.9. The van der Waals surface area contributed by atoms with Crippen LogP contribution in [0.15, 0.2) is 52.4 Å². The Morgan fingerprint density at radius 1 is 1.09 bits per heavy atom. The molecule has 0 unspecified atom stereocenters. The molecule has 1 aromatic heterocycles. The molecule has 0 radical (unpaired) electrons. The van der Waals surface area contributed by atoms with Gasteiger partial charge >= 0.3 is 0 Å². The minimum absolute atomic E-state index is 0.139. The molecule has 0 spiro atoms. The van der Waals surface area contributed by atoms with Gasteiger partial charge in [-0.15, -0.1) is 0 Å². The third-order valence-corrected chi connectivity index (χ3v) is 6.82. The molecular weight excluding hydrogens is 450 g/mol. The lowest BCUT2D eigenvalue weighted by Gasteiger charge is -2.28. The Morgan fingerprint density at radius 2 is 1.85 bits per heavy atom. The van der Waals surface area contributed by atoms with Gasteiger partial charge in [0.2, 0.25) is 5.91 Å². The van der Waals surface area contributed by atoms with Crippen LogP contribution in [0.1, 0.15) is 48.4 Å². The number of anilines is 1. The predicted molar refractivity (Wildman–Crippen MR) is 134 cm³/mol. The number of carbonyl (C=O) groups is 1. The normalized spacial score (nSPS) is 14.9. The molecule has 1 atom stereocenters. The summed E-state index contributed by atoms with van der Waals surface area (Å²) in [6.07, 6.45) is 0.166. The number of nitrogens with one attached hydrogen (secondary N) is 1. The minimum atomic E-state index is -0.416. The zero-order chi connectivity index (χ0) is 24.2. The first-order valence-corrected chi connectivity index (χ1v) is 12.4. The van der Waals surface area contributed by atoms with Gasteiger partial charge in [-0.3, -0.25) is 9.59 Å². The first-order chi connectivity index (χ1) is 16.4. The van der Waals surface area contributed by atoms with Crippen molar-refractivity contribution in [2.24, 2.45) is 7.05 Å². The molecule has 0 bridgehead atoms. The first-order valence-electron chi connectivity index (χ1n) is 11.4. The molecule has 4 rings (SSSR count). The van der Waals surface area contributed by atoms with Crippen molar-refractivity contribution in [2.45, 2.75) is 44.0 Å². The molecule has 34 heavy (non-hydrogen) atoms. The number of amides is 1. The lowest BCUT2D eigenvalue weighted by atomic mass is 9.86. The summed E-state index contributed by atoms with van der Waals surface area (Å²) in [5.41, 5.74) is 3.33. The number of aromatic nitrogens is 2. The van der Waals surface area contributed by atoms with Crippen molar-refractivity contribution in [1.29, 1.82) is 0 Å². The van der Waals surface area contributed by atoms with E-state index < -0.39 is 5.92 Å². The molecule has 3 aromatic rings. The molecule has 0 saturated heterocycles. The predicted octanol–water partition coefficient (Wildman–Crippen LogP) is 4.65. The second-order valence-corrected chi connectivity index (χ2v) is 9.12. The number of nitrogens with zero attached hydrogens (tertiary/aromatic N) is 2. The summed E-state index contributed by atoms with van der Waals surface area (Å²) in [6.45, 7) is 6.86. The van der Waals surface area contributed by atoms with Crippen LogP contribution in [0.2, 0.25) is 0 Å². The van der Waals surface area contributed by atoms with Gasteiger partial charge in [0.15, 0.2) is 16.7 Å². The molecule has 1 aliphatic heterocycles. The van der Waals surface area contributed by atoms with Crippen molar-refractivity contribution in [2.75, 3.05) is 18.5 Å².